The van der Waals surface area contributed by atoms with Crippen molar-refractivity contribution in [2.45, 2.75) is 52.4 Å². The Balaban J connectivity index is 1.78. The molecule has 126 valence electrons. The van der Waals surface area contributed by atoms with Crippen molar-refractivity contribution in [3.63, 3.8) is 0 Å². The van der Waals surface area contributed by atoms with Crippen LogP contribution in [0.15, 0.2) is 42.6 Å². The van der Waals surface area contributed by atoms with Crippen LogP contribution >= 0.6 is 0 Å². The molecule has 5 heteroatoms. The summed E-state index contributed by atoms with van der Waals surface area (Å²) >= 11 is 0. The zero-order chi connectivity index (χ0) is 17.4. The predicted molar refractivity (Wildman–Crippen MR) is 95.5 cm³/mol. The van der Waals surface area contributed by atoms with Gasteiger partial charge in [0.25, 0.3) is 0 Å². The molecule has 0 saturated carbocycles. The van der Waals surface area contributed by atoms with Crippen LogP contribution in [0.25, 0.3) is 0 Å². The molecule has 3 rings (SSSR count). The van der Waals surface area contributed by atoms with Gasteiger partial charge in [-0.3, -0.25) is 0 Å². The molecule has 0 bridgehead atoms. The number of rotatable bonds is 4. The van der Waals surface area contributed by atoms with Crippen LogP contribution in [0.2, 0.25) is 0 Å². The molecule has 0 unspecified atom stereocenters. The average Bonchev–Trinajstić information content (AvgIpc) is 2.75. The van der Waals surface area contributed by atoms with Crippen LogP contribution in [0, 0.1) is 6.92 Å². The molecule has 0 aliphatic carbocycles. The number of pyridine rings is 1. The lowest BCUT2D eigenvalue weighted by atomic mass is 9.77. The standard InChI is InChI=1S/C19H24BNO3/c1-14-12-21-17(22-13-15-9-7-6-8-10-15)11-16(14)20-23-18(2,3)19(4,5)24-20/h6-12H,13H2,1-5H3. The maximum atomic E-state index is 6.14. The van der Waals surface area contributed by atoms with Gasteiger partial charge in [-0.05, 0) is 51.2 Å². The molecular formula is C19H24BNO3. The number of aryl methyl sites for hydroxylation is 1. The van der Waals surface area contributed by atoms with Crippen molar-refractivity contribution in [3.05, 3.63) is 53.7 Å². The zero-order valence-electron chi connectivity index (χ0n) is 15.0. The number of benzene rings is 1. The second-order valence-corrected chi connectivity index (χ2v) is 7.24. The van der Waals surface area contributed by atoms with Crippen molar-refractivity contribution >= 4 is 12.6 Å². The van der Waals surface area contributed by atoms with E-state index >= 15 is 0 Å². The summed E-state index contributed by atoms with van der Waals surface area (Å²) in [5.74, 6) is 0.578. The number of nitrogens with zero attached hydrogens (tertiary/aromatic N) is 1. The van der Waals surface area contributed by atoms with Crippen LogP contribution in [0.5, 0.6) is 5.88 Å². The maximum Gasteiger partial charge on any atom is 0.495 e. The lowest BCUT2D eigenvalue weighted by Gasteiger charge is -2.32. The van der Waals surface area contributed by atoms with E-state index in [9.17, 15) is 0 Å². The summed E-state index contributed by atoms with van der Waals surface area (Å²) in [7, 11) is -0.405. The molecule has 1 aliphatic rings. The highest BCUT2D eigenvalue weighted by atomic mass is 16.7. The van der Waals surface area contributed by atoms with E-state index in [1.54, 1.807) is 6.20 Å². The number of ether oxygens (including phenoxy) is 1. The summed E-state index contributed by atoms with van der Waals surface area (Å²) in [4.78, 5) is 4.36. The minimum absolute atomic E-state index is 0.363. The fraction of sp³-hybridized carbons (Fsp3) is 0.421. The van der Waals surface area contributed by atoms with Crippen molar-refractivity contribution in [1.82, 2.24) is 4.98 Å². The van der Waals surface area contributed by atoms with Crippen molar-refractivity contribution < 1.29 is 14.0 Å². The zero-order valence-corrected chi connectivity index (χ0v) is 15.0. The number of hydrogen-bond donors (Lipinski definition) is 0. The maximum absolute atomic E-state index is 6.14. The quantitative estimate of drug-likeness (QED) is 0.809. The molecular weight excluding hydrogens is 301 g/mol. The molecule has 2 heterocycles. The first kappa shape index (κ1) is 17.0. The Morgan fingerprint density at radius 2 is 1.67 bits per heavy atom. The number of hydrogen-bond acceptors (Lipinski definition) is 4. The minimum Gasteiger partial charge on any atom is -0.473 e. The van der Waals surface area contributed by atoms with Gasteiger partial charge >= 0.3 is 7.12 Å². The Kier molecular flexibility index (Phi) is 4.41. The third-order valence-electron chi connectivity index (χ3n) is 4.86. The van der Waals surface area contributed by atoms with Crippen LogP contribution in [-0.4, -0.2) is 23.3 Å². The molecule has 4 nitrogen and oxygen atoms in total. The van der Waals surface area contributed by atoms with E-state index in [1.165, 1.54) is 0 Å². The first-order valence-corrected chi connectivity index (χ1v) is 8.27. The van der Waals surface area contributed by atoms with Crippen molar-refractivity contribution in [3.8, 4) is 5.88 Å². The van der Waals surface area contributed by atoms with Gasteiger partial charge in [0.05, 0.1) is 11.2 Å². The molecule has 1 fully saturated rings. The molecule has 1 aromatic heterocycles. The normalized spacial score (nSPS) is 18.6. The monoisotopic (exact) mass is 325 g/mol. The lowest BCUT2D eigenvalue weighted by Crippen LogP contribution is -2.41. The Labute approximate surface area is 144 Å². The summed E-state index contributed by atoms with van der Waals surface area (Å²) in [5, 5.41) is 0. The fourth-order valence-electron chi connectivity index (χ4n) is 2.55. The highest BCUT2D eigenvalue weighted by Crippen LogP contribution is 2.36. The molecule has 1 aromatic carbocycles. The van der Waals surface area contributed by atoms with E-state index in [1.807, 2.05) is 43.3 Å². The van der Waals surface area contributed by atoms with E-state index in [0.717, 1.165) is 16.6 Å². The van der Waals surface area contributed by atoms with Gasteiger partial charge in [0.2, 0.25) is 5.88 Å². The van der Waals surface area contributed by atoms with Gasteiger partial charge < -0.3 is 14.0 Å². The average molecular weight is 325 g/mol. The highest BCUT2D eigenvalue weighted by molar-refractivity contribution is 6.62. The van der Waals surface area contributed by atoms with Crippen molar-refractivity contribution in [2.75, 3.05) is 0 Å². The molecule has 0 amide bonds. The molecule has 0 radical (unpaired) electrons. The van der Waals surface area contributed by atoms with E-state index < -0.39 is 7.12 Å². The van der Waals surface area contributed by atoms with Gasteiger partial charge in [0, 0.05) is 12.3 Å². The first-order chi connectivity index (χ1) is 11.3. The topological polar surface area (TPSA) is 40.6 Å². The Morgan fingerprint density at radius 1 is 1.04 bits per heavy atom. The van der Waals surface area contributed by atoms with Crippen LogP contribution in [0.3, 0.4) is 0 Å². The minimum atomic E-state index is -0.405. The second kappa shape index (κ2) is 6.23. The summed E-state index contributed by atoms with van der Waals surface area (Å²) in [5.41, 5.74) is 2.38. The second-order valence-electron chi connectivity index (χ2n) is 7.24. The molecule has 1 aliphatic heterocycles. The third-order valence-corrected chi connectivity index (χ3v) is 4.86. The summed E-state index contributed by atoms with van der Waals surface area (Å²) in [6.45, 7) is 10.7. The summed E-state index contributed by atoms with van der Waals surface area (Å²) in [6, 6.07) is 12.0. The summed E-state index contributed by atoms with van der Waals surface area (Å²) < 4.78 is 18.1. The van der Waals surface area contributed by atoms with Crippen LogP contribution in [-0.2, 0) is 15.9 Å². The van der Waals surface area contributed by atoms with E-state index in [4.69, 9.17) is 14.0 Å². The predicted octanol–water partition coefficient (Wildman–Crippen LogP) is 3.27. The molecule has 0 N–H and O–H groups in total. The largest absolute Gasteiger partial charge is 0.495 e. The van der Waals surface area contributed by atoms with Gasteiger partial charge in [-0.2, -0.15) is 0 Å². The molecule has 24 heavy (non-hydrogen) atoms. The fourth-order valence-corrected chi connectivity index (χ4v) is 2.55. The smallest absolute Gasteiger partial charge is 0.473 e. The van der Waals surface area contributed by atoms with Gasteiger partial charge in [-0.15, -0.1) is 0 Å². The molecule has 1 saturated heterocycles. The lowest BCUT2D eigenvalue weighted by molar-refractivity contribution is 0.00578. The first-order valence-electron chi connectivity index (χ1n) is 8.27. The SMILES string of the molecule is Cc1cnc(OCc2ccccc2)cc1B1OC(C)(C)C(C)(C)O1. The molecule has 0 atom stereocenters. The van der Waals surface area contributed by atoms with Gasteiger partial charge in [-0.1, -0.05) is 30.3 Å². The van der Waals surface area contributed by atoms with Gasteiger partial charge in [-0.25, -0.2) is 4.98 Å². The van der Waals surface area contributed by atoms with E-state index in [0.29, 0.717) is 12.5 Å². The summed E-state index contributed by atoms with van der Waals surface area (Å²) in [6.07, 6.45) is 1.81. The van der Waals surface area contributed by atoms with Gasteiger partial charge in [0.15, 0.2) is 0 Å². The van der Waals surface area contributed by atoms with Gasteiger partial charge in [0.1, 0.15) is 6.61 Å². The molecule has 2 aromatic rings. The van der Waals surface area contributed by atoms with Crippen LogP contribution in [0.4, 0.5) is 0 Å². The third kappa shape index (κ3) is 3.33. The van der Waals surface area contributed by atoms with E-state index in [-0.39, 0.29) is 11.2 Å². The Hall–Kier alpha value is -1.85. The van der Waals surface area contributed by atoms with Crippen molar-refractivity contribution in [1.29, 1.82) is 0 Å². The highest BCUT2D eigenvalue weighted by Gasteiger charge is 2.52. The van der Waals surface area contributed by atoms with Crippen LogP contribution < -0.4 is 10.2 Å². The Morgan fingerprint density at radius 3 is 2.29 bits per heavy atom. The Bertz CT molecular complexity index is 700. The van der Waals surface area contributed by atoms with Crippen molar-refractivity contribution in [2.24, 2.45) is 0 Å². The van der Waals surface area contributed by atoms with E-state index in [2.05, 4.69) is 32.7 Å². The molecule has 0 spiro atoms. The number of aromatic nitrogens is 1. The van der Waals surface area contributed by atoms with Crippen LogP contribution in [0.1, 0.15) is 38.8 Å².